The van der Waals surface area contributed by atoms with Crippen molar-refractivity contribution >= 4 is 0 Å². The molecule has 1 rings (SSSR count). The van der Waals surface area contributed by atoms with E-state index in [0.717, 1.165) is 24.4 Å². The molecule has 1 aromatic heterocycles. The third-order valence-corrected chi connectivity index (χ3v) is 2.75. The maximum Gasteiger partial charge on any atom is 0.145 e. The molecule has 3 nitrogen and oxygen atoms in total. The van der Waals surface area contributed by atoms with Gasteiger partial charge in [0.2, 0.25) is 0 Å². The minimum absolute atomic E-state index is 0.278. The van der Waals surface area contributed by atoms with Crippen LogP contribution < -0.4 is 5.32 Å². The molecular formula is C14H25N3. The molecule has 0 radical (unpaired) electrons. The maximum absolute atomic E-state index is 4.42. The van der Waals surface area contributed by atoms with Gasteiger partial charge in [-0.15, -0.1) is 0 Å². The largest absolute Gasteiger partial charge is 0.308 e. The zero-order valence-electron chi connectivity index (χ0n) is 11.7. The van der Waals surface area contributed by atoms with Crippen molar-refractivity contribution in [2.75, 3.05) is 6.54 Å². The first-order valence-corrected chi connectivity index (χ1v) is 6.44. The van der Waals surface area contributed by atoms with Crippen LogP contribution in [0.25, 0.3) is 0 Å². The molecule has 0 fully saturated rings. The fourth-order valence-corrected chi connectivity index (χ4v) is 1.73. The number of hydrogen-bond donors (Lipinski definition) is 1. The van der Waals surface area contributed by atoms with E-state index in [2.05, 4.69) is 43.0 Å². The Morgan fingerprint density at radius 2 is 1.82 bits per heavy atom. The highest BCUT2D eigenvalue weighted by molar-refractivity contribution is 5.04. The van der Waals surface area contributed by atoms with Crippen molar-refractivity contribution in [3.8, 4) is 0 Å². The van der Waals surface area contributed by atoms with E-state index in [4.69, 9.17) is 0 Å². The topological polar surface area (TPSA) is 37.8 Å². The summed E-state index contributed by atoms with van der Waals surface area (Å²) >= 11 is 0. The molecule has 0 amide bonds. The van der Waals surface area contributed by atoms with E-state index in [1.165, 1.54) is 6.42 Å². The van der Waals surface area contributed by atoms with Crippen LogP contribution in [0.15, 0.2) is 12.4 Å². The molecule has 17 heavy (non-hydrogen) atoms. The molecular weight excluding hydrogens is 210 g/mol. The van der Waals surface area contributed by atoms with Crippen molar-refractivity contribution in [2.24, 2.45) is 5.41 Å². The predicted molar refractivity (Wildman–Crippen MR) is 71.9 cm³/mol. The van der Waals surface area contributed by atoms with Crippen LogP contribution in [0.3, 0.4) is 0 Å². The van der Waals surface area contributed by atoms with E-state index >= 15 is 0 Å². The van der Waals surface area contributed by atoms with Gasteiger partial charge in [-0.05, 0) is 37.3 Å². The van der Waals surface area contributed by atoms with Crippen LogP contribution in [0.1, 0.15) is 58.0 Å². The van der Waals surface area contributed by atoms with Gasteiger partial charge in [-0.2, -0.15) is 0 Å². The highest BCUT2D eigenvalue weighted by Crippen LogP contribution is 2.25. The minimum atomic E-state index is 0.278. The minimum Gasteiger partial charge on any atom is -0.308 e. The summed E-state index contributed by atoms with van der Waals surface area (Å²) in [6.45, 7) is 11.9. The molecule has 0 saturated carbocycles. The molecule has 0 spiro atoms. The first-order valence-electron chi connectivity index (χ1n) is 6.44. The number of nitrogens with one attached hydrogen (secondary N) is 1. The van der Waals surface area contributed by atoms with Crippen LogP contribution in [0.4, 0.5) is 0 Å². The summed E-state index contributed by atoms with van der Waals surface area (Å²) in [6.07, 6.45) is 6.04. The molecule has 0 aliphatic rings. The van der Waals surface area contributed by atoms with Crippen LogP contribution in [-0.2, 0) is 0 Å². The van der Waals surface area contributed by atoms with Crippen LogP contribution in [0, 0.1) is 12.3 Å². The predicted octanol–water partition coefficient (Wildman–Crippen LogP) is 3.26. The lowest BCUT2D eigenvalue weighted by Crippen LogP contribution is -2.24. The molecule has 96 valence electrons. The Hall–Kier alpha value is -0.960. The van der Waals surface area contributed by atoms with Crippen molar-refractivity contribution in [3.63, 3.8) is 0 Å². The fraction of sp³-hybridized carbons (Fsp3) is 0.714. The second-order valence-electron chi connectivity index (χ2n) is 5.83. The Labute approximate surface area is 105 Å². The summed E-state index contributed by atoms with van der Waals surface area (Å²) in [5, 5.41) is 3.47. The summed E-state index contributed by atoms with van der Waals surface area (Å²) in [7, 11) is 0. The van der Waals surface area contributed by atoms with Crippen LogP contribution >= 0.6 is 0 Å². The van der Waals surface area contributed by atoms with Gasteiger partial charge in [0, 0.05) is 12.4 Å². The van der Waals surface area contributed by atoms with E-state index in [1.807, 2.05) is 19.3 Å². The van der Waals surface area contributed by atoms with Crippen molar-refractivity contribution < 1.29 is 0 Å². The maximum atomic E-state index is 4.42. The van der Waals surface area contributed by atoms with Gasteiger partial charge in [-0.3, -0.25) is 0 Å². The van der Waals surface area contributed by atoms with Gasteiger partial charge in [-0.1, -0.05) is 27.7 Å². The summed E-state index contributed by atoms with van der Waals surface area (Å²) in [5.74, 6) is 0.918. The van der Waals surface area contributed by atoms with E-state index < -0.39 is 0 Å². The summed E-state index contributed by atoms with van der Waals surface area (Å²) in [4.78, 5) is 8.85. The molecule has 1 aromatic rings. The van der Waals surface area contributed by atoms with Gasteiger partial charge < -0.3 is 5.32 Å². The molecule has 0 aliphatic heterocycles. The number of nitrogens with zero attached hydrogens (tertiary/aromatic N) is 2. The molecule has 1 N–H and O–H groups in total. The van der Waals surface area contributed by atoms with Crippen molar-refractivity contribution in [1.29, 1.82) is 0 Å². The van der Waals surface area contributed by atoms with Crippen molar-refractivity contribution in [3.05, 3.63) is 23.8 Å². The molecule has 0 bridgehead atoms. The highest BCUT2D eigenvalue weighted by atomic mass is 15.0. The molecule has 1 heterocycles. The quantitative estimate of drug-likeness (QED) is 0.851. The fourth-order valence-electron chi connectivity index (χ4n) is 1.73. The van der Waals surface area contributed by atoms with Gasteiger partial charge in [0.1, 0.15) is 5.82 Å². The van der Waals surface area contributed by atoms with Crippen molar-refractivity contribution in [2.45, 2.75) is 53.5 Å². The summed E-state index contributed by atoms with van der Waals surface area (Å²) < 4.78 is 0. The SMILES string of the molecule is CCNC(CCC(C)(C)C)c1ncc(C)cn1. The van der Waals surface area contributed by atoms with Crippen LogP contribution in [-0.4, -0.2) is 16.5 Å². The molecule has 0 aliphatic carbocycles. The Kier molecular flexibility index (Phi) is 5.06. The summed E-state index contributed by atoms with van der Waals surface area (Å²) in [6, 6.07) is 0.278. The van der Waals surface area contributed by atoms with Gasteiger partial charge >= 0.3 is 0 Å². The average Bonchev–Trinajstić information content (AvgIpc) is 2.24. The first kappa shape index (κ1) is 14.1. The number of aromatic nitrogens is 2. The standard InChI is InChI=1S/C14H25N3/c1-6-15-12(7-8-14(3,4)5)13-16-9-11(2)10-17-13/h9-10,12,15H,6-8H2,1-5H3. The lowest BCUT2D eigenvalue weighted by Gasteiger charge is -2.22. The molecule has 0 aromatic carbocycles. The average molecular weight is 235 g/mol. The van der Waals surface area contributed by atoms with E-state index in [9.17, 15) is 0 Å². The molecule has 3 heteroatoms. The number of rotatable bonds is 5. The second kappa shape index (κ2) is 6.10. The van der Waals surface area contributed by atoms with Gasteiger partial charge in [0.05, 0.1) is 6.04 Å². The van der Waals surface area contributed by atoms with Crippen LogP contribution in [0.2, 0.25) is 0 Å². The van der Waals surface area contributed by atoms with Crippen LogP contribution in [0.5, 0.6) is 0 Å². The third kappa shape index (κ3) is 5.26. The Morgan fingerprint density at radius 3 is 2.29 bits per heavy atom. The first-order chi connectivity index (χ1) is 7.92. The smallest absolute Gasteiger partial charge is 0.145 e. The Morgan fingerprint density at radius 1 is 1.24 bits per heavy atom. The molecule has 1 unspecified atom stereocenters. The van der Waals surface area contributed by atoms with E-state index in [1.54, 1.807) is 0 Å². The Balaban J connectivity index is 2.68. The summed E-state index contributed by atoms with van der Waals surface area (Å²) in [5.41, 5.74) is 1.47. The Bertz CT molecular complexity index is 324. The van der Waals surface area contributed by atoms with E-state index in [0.29, 0.717) is 5.41 Å². The van der Waals surface area contributed by atoms with Gasteiger partial charge in [0.25, 0.3) is 0 Å². The lowest BCUT2D eigenvalue weighted by atomic mass is 9.88. The number of hydrogen-bond acceptors (Lipinski definition) is 3. The third-order valence-electron chi connectivity index (χ3n) is 2.75. The molecule has 0 saturated heterocycles. The molecule has 1 atom stereocenters. The zero-order chi connectivity index (χ0) is 12.9. The normalized spacial score (nSPS) is 13.7. The zero-order valence-corrected chi connectivity index (χ0v) is 11.7. The highest BCUT2D eigenvalue weighted by Gasteiger charge is 2.17. The van der Waals surface area contributed by atoms with E-state index in [-0.39, 0.29) is 6.04 Å². The van der Waals surface area contributed by atoms with Gasteiger partial charge in [0.15, 0.2) is 0 Å². The van der Waals surface area contributed by atoms with Crippen molar-refractivity contribution in [1.82, 2.24) is 15.3 Å². The lowest BCUT2D eigenvalue weighted by molar-refractivity contribution is 0.329. The number of aryl methyl sites for hydroxylation is 1. The second-order valence-corrected chi connectivity index (χ2v) is 5.83. The van der Waals surface area contributed by atoms with Gasteiger partial charge in [-0.25, -0.2) is 9.97 Å². The monoisotopic (exact) mass is 235 g/mol.